The molecule has 0 N–H and O–H groups in total. The minimum Gasteiger partial charge on any atom is -0.494 e. The molecule has 4 heteroatoms. The number of carbonyl (C=O) groups is 2. The van der Waals surface area contributed by atoms with Crippen LogP contribution >= 0.6 is 0 Å². The molecule has 7 rings (SSSR count). The fourth-order valence-electron chi connectivity index (χ4n) is 6.48. The lowest BCUT2D eigenvalue weighted by Gasteiger charge is -2.46. The van der Waals surface area contributed by atoms with Crippen molar-refractivity contribution in [2.24, 2.45) is 11.8 Å². The van der Waals surface area contributed by atoms with E-state index in [1.165, 1.54) is 32.7 Å². The zero-order valence-electron chi connectivity index (χ0n) is 20.4. The first-order valence-electron chi connectivity index (χ1n) is 13.0. The number of anilines is 1. The van der Waals surface area contributed by atoms with Gasteiger partial charge in [-0.2, -0.15) is 0 Å². The third-order valence-corrected chi connectivity index (χ3v) is 8.12. The molecule has 1 heterocycles. The van der Waals surface area contributed by atoms with Gasteiger partial charge in [-0.1, -0.05) is 69.2 Å². The molecule has 1 fully saturated rings. The molecule has 178 valence electrons. The zero-order chi connectivity index (χ0) is 24.1. The normalized spacial score (nSPS) is 23.8. The van der Waals surface area contributed by atoms with Crippen molar-refractivity contribution >= 4 is 17.5 Å². The van der Waals surface area contributed by atoms with Crippen LogP contribution in [-0.4, -0.2) is 18.4 Å². The summed E-state index contributed by atoms with van der Waals surface area (Å²) in [5.74, 6) is -0.247. The number of carbonyl (C=O) groups excluding carboxylic acids is 2. The van der Waals surface area contributed by atoms with E-state index in [2.05, 4.69) is 50.2 Å². The molecule has 3 aromatic rings. The highest BCUT2D eigenvalue weighted by atomic mass is 16.5. The lowest BCUT2D eigenvalue weighted by molar-refractivity contribution is -0.122. The van der Waals surface area contributed by atoms with Crippen LogP contribution < -0.4 is 9.64 Å². The number of imide groups is 1. The summed E-state index contributed by atoms with van der Waals surface area (Å²) in [6.45, 7) is 5.00. The van der Waals surface area contributed by atoms with Gasteiger partial charge in [0.15, 0.2) is 0 Å². The Labute approximate surface area is 206 Å². The number of hydrogen-bond donors (Lipinski definition) is 0. The van der Waals surface area contributed by atoms with Crippen molar-refractivity contribution < 1.29 is 14.3 Å². The van der Waals surface area contributed by atoms with Crippen LogP contribution in [0.5, 0.6) is 5.75 Å². The minimum absolute atomic E-state index is 0.0753. The molecule has 0 spiro atoms. The second kappa shape index (κ2) is 8.67. The molecule has 1 aliphatic heterocycles. The first kappa shape index (κ1) is 22.1. The van der Waals surface area contributed by atoms with Crippen molar-refractivity contribution in [3.8, 4) is 5.75 Å². The number of ether oxygens (including phenoxy) is 1. The maximum atomic E-state index is 13.9. The number of unbranched alkanes of at least 4 members (excludes halogenated alkanes) is 2. The average Bonchev–Trinajstić information content (AvgIpc) is 3.17. The molecular formula is C31H31NO3. The lowest BCUT2D eigenvalue weighted by Crippen LogP contribution is -2.41. The molecule has 4 atom stereocenters. The summed E-state index contributed by atoms with van der Waals surface area (Å²) < 4.78 is 5.84. The molecule has 2 bridgehead atoms. The largest absolute Gasteiger partial charge is 0.494 e. The van der Waals surface area contributed by atoms with E-state index in [0.717, 1.165) is 31.4 Å². The minimum atomic E-state index is -0.355. The number of aryl methyl sites for hydroxylation is 1. The summed E-state index contributed by atoms with van der Waals surface area (Å²) >= 11 is 0. The van der Waals surface area contributed by atoms with E-state index in [0.29, 0.717) is 12.3 Å². The van der Waals surface area contributed by atoms with Gasteiger partial charge in [-0.3, -0.25) is 9.59 Å². The van der Waals surface area contributed by atoms with Crippen LogP contribution in [0, 0.1) is 11.8 Å². The summed E-state index contributed by atoms with van der Waals surface area (Å²) in [4.78, 5) is 29.2. The third-order valence-electron chi connectivity index (χ3n) is 8.12. The molecule has 0 aromatic heterocycles. The quantitative estimate of drug-likeness (QED) is 0.308. The van der Waals surface area contributed by atoms with Crippen LogP contribution in [0.25, 0.3) is 0 Å². The Morgan fingerprint density at radius 3 is 2.00 bits per heavy atom. The second-order valence-electron chi connectivity index (χ2n) is 10.0. The molecular weight excluding hydrogens is 434 g/mol. The molecule has 4 aliphatic rings. The summed E-state index contributed by atoms with van der Waals surface area (Å²) in [5.41, 5.74) is 6.76. The van der Waals surface area contributed by atoms with Crippen LogP contribution in [0.4, 0.5) is 5.69 Å². The number of nitrogens with zero attached hydrogens (tertiary/aromatic N) is 1. The van der Waals surface area contributed by atoms with Gasteiger partial charge in [-0.05, 0) is 64.9 Å². The highest BCUT2D eigenvalue weighted by molar-refractivity contribution is 6.23. The summed E-state index contributed by atoms with van der Waals surface area (Å²) in [6, 6.07) is 22.5. The molecule has 1 saturated heterocycles. The predicted octanol–water partition coefficient (Wildman–Crippen LogP) is 6.21. The molecule has 0 radical (unpaired) electrons. The van der Waals surface area contributed by atoms with E-state index in [1.807, 2.05) is 30.3 Å². The second-order valence-corrected chi connectivity index (χ2v) is 10.0. The van der Waals surface area contributed by atoms with Crippen molar-refractivity contribution in [1.82, 2.24) is 0 Å². The molecule has 2 amide bonds. The Hall–Kier alpha value is -3.40. The molecule has 0 unspecified atom stereocenters. The Morgan fingerprint density at radius 2 is 1.37 bits per heavy atom. The summed E-state index contributed by atoms with van der Waals surface area (Å²) in [7, 11) is 0. The van der Waals surface area contributed by atoms with Crippen LogP contribution in [0.1, 0.15) is 72.8 Å². The monoisotopic (exact) mass is 465 g/mol. The molecule has 35 heavy (non-hydrogen) atoms. The van der Waals surface area contributed by atoms with Crippen molar-refractivity contribution in [3.63, 3.8) is 0 Å². The van der Waals surface area contributed by atoms with E-state index < -0.39 is 0 Å². The average molecular weight is 466 g/mol. The number of hydrogen-bond acceptors (Lipinski definition) is 3. The van der Waals surface area contributed by atoms with Crippen LogP contribution in [0.3, 0.4) is 0 Å². The first-order chi connectivity index (χ1) is 17.1. The molecule has 4 nitrogen and oxygen atoms in total. The first-order valence-corrected chi connectivity index (χ1v) is 13.0. The van der Waals surface area contributed by atoms with Gasteiger partial charge in [0.2, 0.25) is 11.8 Å². The van der Waals surface area contributed by atoms with Crippen molar-refractivity contribution in [2.75, 3.05) is 11.5 Å². The van der Waals surface area contributed by atoms with Gasteiger partial charge in [0, 0.05) is 11.8 Å². The number of benzene rings is 3. The highest BCUT2D eigenvalue weighted by Crippen LogP contribution is 2.61. The van der Waals surface area contributed by atoms with Gasteiger partial charge in [0.1, 0.15) is 5.75 Å². The van der Waals surface area contributed by atoms with Gasteiger partial charge in [-0.25, -0.2) is 4.90 Å². The van der Waals surface area contributed by atoms with Crippen molar-refractivity contribution in [3.05, 3.63) is 94.5 Å². The fourth-order valence-corrected chi connectivity index (χ4v) is 6.48. The van der Waals surface area contributed by atoms with E-state index in [-0.39, 0.29) is 35.5 Å². The van der Waals surface area contributed by atoms with Crippen LogP contribution in [0.2, 0.25) is 0 Å². The lowest BCUT2D eigenvalue weighted by atomic mass is 9.55. The summed E-state index contributed by atoms with van der Waals surface area (Å²) in [6.07, 6.45) is 4.27. The van der Waals surface area contributed by atoms with Gasteiger partial charge in [-0.15, -0.1) is 0 Å². The van der Waals surface area contributed by atoms with Crippen molar-refractivity contribution in [1.29, 1.82) is 0 Å². The van der Waals surface area contributed by atoms with Gasteiger partial charge in [0.25, 0.3) is 0 Å². The molecule has 3 aliphatic carbocycles. The van der Waals surface area contributed by atoms with E-state index in [9.17, 15) is 9.59 Å². The number of rotatable bonds is 7. The maximum absolute atomic E-state index is 13.9. The maximum Gasteiger partial charge on any atom is 0.238 e. The van der Waals surface area contributed by atoms with Crippen molar-refractivity contribution in [2.45, 2.75) is 51.4 Å². The SMILES string of the molecule is CCCCCOc1ccc(N2C(=O)[C@@H]3[C@@H]4c5ccccc5[C@H](c5cc(CC)ccc54)[C@H]3C2=O)cc1. The van der Waals surface area contributed by atoms with Gasteiger partial charge in [0.05, 0.1) is 24.1 Å². The Kier molecular flexibility index (Phi) is 5.47. The smallest absolute Gasteiger partial charge is 0.238 e. The van der Waals surface area contributed by atoms with Gasteiger partial charge >= 0.3 is 0 Å². The topological polar surface area (TPSA) is 46.6 Å². The standard InChI is InChI=1S/C31H31NO3/c1-3-5-8-17-35-21-14-12-20(13-15-21)32-30(33)28-26-22-9-6-7-10-23(22)27(29(28)31(32)34)25-18-19(4-2)11-16-24(25)26/h6-7,9-16,18,26-29H,3-5,8,17H2,1-2H3/t26-,27-,28-,29-/m1/s1. The van der Waals surface area contributed by atoms with E-state index >= 15 is 0 Å². The third kappa shape index (κ3) is 3.34. The summed E-state index contributed by atoms with van der Waals surface area (Å²) in [5, 5.41) is 0. The Bertz CT molecular complexity index is 1290. The highest BCUT2D eigenvalue weighted by Gasteiger charge is 2.61. The van der Waals surface area contributed by atoms with E-state index in [1.54, 1.807) is 0 Å². The predicted molar refractivity (Wildman–Crippen MR) is 137 cm³/mol. The van der Waals surface area contributed by atoms with E-state index in [4.69, 9.17) is 4.74 Å². The zero-order valence-corrected chi connectivity index (χ0v) is 20.4. The van der Waals surface area contributed by atoms with Crippen LogP contribution in [0.15, 0.2) is 66.7 Å². The molecule has 0 saturated carbocycles. The Morgan fingerprint density at radius 1 is 0.743 bits per heavy atom. The van der Waals surface area contributed by atoms with Crippen LogP contribution in [-0.2, 0) is 16.0 Å². The number of amides is 2. The van der Waals surface area contributed by atoms with Gasteiger partial charge < -0.3 is 4.74 Å². The Balaban J connectivity index is 1.36. The fraction of sp³-hybridized carbons (Fsp3) is 0.355. The molecule has 3 aromatic carbocycles.